The van der Waals surface area contributed by atoms with E-state index in [1.54, 1.807) is 24.3 Å². The minimum atomic E-state index is -4.50. The molecule has 1 unspecified atom stereocenters. The molecule has 0 fully saturated rings. The third-order valence-electron chi connectivity index (χ3n) is 3.96. The number of anilines is 1. The molecule has 0 bridgehead atoms. The van der Waals surface area contributed by atoms with Crippen molar-refractivity contribution in [3.05, 3.63) is 59.2 Å². The van der Waals surface area contributed by atoms with Gasteiger partial charge in [-0.05, 0) is 35.9 Å². The average molecular weight is 406 g/mol. The summed E-state index contributed by atoms with van der Waals surface area (Å²) in [5, 5.41) is 10.4. The second-order valence-corrected chi connectivity index (χ2v) is 7.22. The van der Waals surface area contributed by atoms with Crippen LogP contribution < -0.4 is 5.32 Å². The van der Waals surface area contributed by atoms with E-state index in [0.29, 0.717) is 16.0 Å². The summed E-state index contributed by atoms with van der Waals surface area (Å²) < 4.78 is 43.5. The van der Waals surface area contributed by atoms with Crippen LogP contribution in [0.15, 0.2) is 47.4 Å². The van der Waals surface area contributed by atoms with Gasteiger partial charge < -0.3 is 10.1 Å². The zero-order valence-electron chi connectivity index (χ0n) is 14.2. The van der Waals surface area contributed by atoms with Crippen LogP contribution in [0.2, 0.25) is 0 Å². The predicted molar refractivity (Wildman–Crippen MR) is 95.3 cm³/mol. The van der Waals surface area contributed by atoms with Gasteiger partial charge in [-0.1, -0.05) is 12.1 Å². The van der Waals surface area contributed by atoms with Crippen LogP contribution in [0, 0.1) is 11.3 Å². The number of hydrogen-bond donors (Lipinski definition) is 1. The molecule has 1 N–H and O–H groups in total. The lowest BCUT2D eigenvalue weighted by Gasteiger charge is -2.24. The van der Waals surface area contributed by atoms with Gasteiger partial charge >= 0.3 is 12.1 Å². The van der Waals surface area contributed by atoms with Crippen molar-refractivity contribution in [2.24, 2.45) is 0 Å². The van der Waals surface area contributed by atoms with Crippen molar-refractivity contribution < 1.29 is 27.5 Å². The number of fused-ring (bicyclic) bond motifs is 1. The summed E-state index contributed by atoms with van der Waals surface area (Å²) in [7, 11) is 0. The van der Waals surface area contributed by atoms with E-state index in [9.17, 15) is 22.8 Å². The summed E-state index contributed by atoms with van der Waals surface area (Å²) in [6.07, 6.45) is -4.72. The lowest BCUT2D eigenvalue weighted by atomic mass is 10.1. The van der Waals surface area contributed by atoms with Crippen LogP contribution in [-0.4, -0.2) is 17.1 Å². The van der Waals surface area contributed by atoms with Crippen LogP contribution in [0.3, 0.4) is 0 Å². The van der Waals surface area contributed by atoms with Crippen LogP contribution in [0.1, 0.15) is 23.1 Å². The van der Waals surface area contributed by atoms with E-state index in [4.69, 9.17) is 10.00 Å². The molecule has 144 valence electrons. The molecule has 2 aromatic carbocycles. The highest BCUT2D eigenvalue weighted by Crippen LogP contribution is 2.40. The number of alkyl halides is 3. The maximum Gasteiger partial charge on any atom is 0.416 e. The zero-order chi connectivity index (χ0) is 20.3. The van der Waals surface area contributed by atoms with E-state index < -0.39 is 28.9 Å². The van der Waals surface area contributed by atoms with Gasteiger partial charge in [0, 0.05) is 4.90 Å². The molecule has 1 heterocycles. The highest BCUT2D eigenvalue weighted by Gasteiger charge is 2.34. The van der Waals surface area contributed by atoms with Crippen LogP contribution in [0.25, 0.3) is 0 Å². The Hall–Kier alpha value is -2.99. The van der Waals surface area contributed by atoms with Crippen molar-refractivity contribution in [1.29, 1.82) is 5.26 Å². The van der Waals surface area contributed by atoms with Crippen molar-refractivity contribution in [2.75, 3.05) is 5.32 Å². The number of ether oxygens (including phenoxy) is 1. The molecule has 0 aliphatic carbocycles. The fourth-order valence-corrected chi connectivity index (χ4v) is 3.59. The number of thioether (sulfide) groups is 1. The molecule has 0 saturated heterocycles. The second-order valence-electron chi connectivity index (χ2n) is 5.98. The molecule has 1 atom stereocenters. The summed E-state index contributed by atoms with van der Waals surface area (Å²) in [5.41, 5.74) is 0.398. The van der Waals surface area contributed by atoms with Gasteiger partial charge in [-0.3, -0.25) is 9.59 Å². The quantitative estimate of drug-likeness (QED) is 0.773. The first-order valence-corrected chi connectivity index (χ1v) is 8.97. The van der Waals surface area contributed by atoms with Gasteiger partial charge in [-0.15, -0.1) is 11.8 Å². The van der Waals surface area contributed by atoms with E-state index in [0.717, 1.165) is 23.9 Å². The molecule has 3 rings (SSSR count). The summed E-state index contributed by atoms with van der Waals surface area (Å²) in [6, 6.07) is 11.6. The summed E-state index contributed by atoms with van der Waals surface area (Å²) in [6.45, 7) is -0.00488. The van der Waals surface area contributed by atoms with Gasteiger partial charge in [0.15, 0.2) is 0 Å². The number of amides is 1. The topological polar surface area (TPSA) is 79.2 Å². The maximum atomic E-state index is 12.8. The number of nitrogens with one attached hydrogen (secondary N) is 1. The Balaban J connectivity index is 1.59. The predicted octanol–water partition coefficient (Wildman–Crippen LogP) is 4.12. The van der Waals surface area contributed by atoms with Gasteiger partial charge in [-0.2, -0.15) is 18.4 Å². The number of rotatable bonds is 4. The van der Waals surface area contributed by atoms with Crippen LogP contribution in [0.5, 0.6) is 0 Å². The standard InChI is InChI=1S/C19H13F3N2O3S/c20-19(21,22)13-5-6-15-14(7-13)24-18(26)16(28-15)8-17(25)27-10-12-3-1-11(9-23)2-4-12/h1-7,16H,8,10H2,(H,24,26). The lowest BCUT2D eigenvalue weighted by molar-refractivity contribution is -0.145. The molecule has 9 heteroatoms. The number of carbonyl (C=O) groups excluding carboxylic acids is 2. The number of nitriles is 1. The zero-order valence-corrected chi connectivity index (χ0v) is 15.1. The fraction of sp³-hybridized carbons (Fsp3) is 0.211. The summed E-state index contributed by atoms with van der Waals surface area (Å²) >= 11 is 1.02. The number of halogens is 3. The highest BCUT2D eigenvalue weighted by atomic mass is 32.2. The van der Waals surface area contributed by atoms with Gasteiger partial charge in [0.2, 0.25) is 5.91 Å². The van der Waals surface area contributed by atoms with Crippen LogP contribution >= 0.6 is 11.8 Å². The Morgan fingerprint density at radius 3 is 2.57 bits per heavy atom. The molecule has 5 nitrogen and oxygen atoms in total. The maximum absolute atomic E-state index is 12.8. The molecule has 0 aromatic heterocycles. The van der Waals surface area contributed by atoms with Gasteiger partial charge in [0.1, 0.15) is 6.61 Å². The first-order valence-electron chi connectivity index (χ1n) is 8.09. The second kappa shape index (κ2) is 7.94. The smallest absolute Gasteiger partial charge is 0.416 e. The number of hydrogen-bond acceptors (Lipinski definition) is 5. The van der Waals surface area contributed by atoms with Crippen molar-refractivity contribution in [3.8, 4) is 6.07 Å². The molecule has 0 radical (unpaired) electrons. The molecule has 1 aliphatic heterocycles. The Labute approximate surface area is 162 Å². The van der Waals surface area contributed by atoms with Crippen molar-refractivity contribution in [2.45, 2.75) is 29.3 Å². The van der Waals surface area contributed by atoms with Crippen LogP contribution in [-0.2, 0) is 27.1 Å². The van der Waals surface area contributed by atoms with E-state index in [2.05, 4.69) is 5.32 Å². The third kappa shape index (κ3) is 4.64. The monoisotopic (exact) mass is 406 g/mol. The Bertz CT molecular complexity index is 952. The summed E-state index contributed by atoms with van der Waals surface area (Å²) in [4.78, 5) is 24.6. The first-order chi connectivity index (χ1) is 13.3. The number of nitrogens with zero attached hydrogens (tertiary/aromatic N) is 1. The van der Waals surface area contributed by atoms with E-state index in [1.807, 2.05) is 6.07 Å². The Morgan fingerprint density at radius 1 is 1.21 bits per heavy atom. The largest absolute Gasteiger partial charge is 0.461 e. The third-order valence-corrected chi connectivity index (χ3v) is 5.24. The highest BCUT2D eigenvalue weighted by molar-refractivity contribution is 8.01. The van der Waals surface area contributed by atoms with Gasteiger partial charge in [0.05, 0.1) is 34.6 Å². The van der Waals surface area contributed by atoms with E-state index in [1.165, 1.54) is 6.07 Å². The summed E-state index contributed by atoms with van der Waals surface area (Å²) in [5.74, 6) is -1.15. The molecule has 1 aliphatic rings. The molecule has 0 saturated carbocycles. The molecular weight excluding hydrogens is 393 g/mol. The minimum absolute atomic E-state index is 0.00488. The molecule has 0 spiro atoms. The van der Waals surface area contributed by atoms with Gasteiger partial charge in [-0.25, -0.2) is 0 Å². The van der Waals surface area contributed by atoms with Crippen molar-refractivity contribution in [3.63, 3.8) is 0 Å². The fourth-order valence-electron chi connectivity index (χ4n) is 2.51. The van der Waals surface area contributed by atoms with Crippen molar-refractivity contribution in [1.82, 2.24) is 0 Å². The van der Waals surface area contributed by atoms with E-state index in [-0.39, 0.29) is 18.7 Å². The molecular formula is C19H13F3N2O3S. The minimum Gasteiger partial charge on any atom is -0.461 e. The lowest BCUT2D eigenvalue weighted by Crippen LogP contribution is -2.31. The molecule has 2 aromatic rings. The Kier molecular flexibility index (Phi) is 5.61. The molecule has 28 heavy (non-hydrogen) atoms. The van der Waals surface area contributed by atoms with Crippen molar-refractivity contribution >= 4 is 29.3 Å². The number of carbonyl (C=O) groups is 2. The van der Waals surface area contributed by atoms with E-state index >= 15 is 0 Å². The number of esters is 1. The average Bonchev–Trinajstić information content (AvgIpc) is 2.66. The van der Waals surface area contributed by atoms with Crippen LogP contribution in [0.4, 0.5) is 18.9 Å². The normalized spacial score (nSPS) is 15.9. The SMILES string of the molecule is N#Cc1ccc(COC(=O)CC2Sc3ccc(C(F)(F)F)cc3NC2=O)cc1. The Morgan fingerprint density at radius 2 is 1.93 bits per heavy atom. The van der Waals surface area contributed by atoms with Gasteiger partial charge in [0.25, 0.3) is 0 Å². The number of benzene rings is 2. The molecule has 1 amide bonds. The first kappa shape index (κ1) is 19.8.